The number of carbonyl (C=O) groups is 17. The number of aromatic amines is 3. The molecule has 8 rings (SSSR count). The molecule has 42 heteroatoms. The Kier molecular flexibility index (Phi) is 39.2. The van der Waals surface area contributed by atoms with E-state index in [1.54, 1.807) is 93.0 Å². The van der Waals surface area contributed by atoms with Gasteiger partial charge in [0.25, 0.3) is 0 Å². The highest BCUT2D eigenvalue weighted by atomic mass is 32.2. The van der Waals surface area contributed by atoms with Crippen LogP contribution in [0.15, 0.2) is 104 Å². The van der Waals surface area contributed by atoms with E-state index in [0.29, 0.717) is 69.9 Å². The van der Waals surface area contributed by atoms with Crippen molar-refractivity contribution in [3.05, 3.63) is 126 Å². The number of thioether (sulfide) groups is 1. The fourth-order valence-electron chi connectivity index (χ4n) is 15.7. The number of nitrogens with one attached hydrogen (secondary N) is 15. The lowest BCUT2D eigenvalue weighted by atomic mass is 10.00. The zero-order valence-electron chi connectivity index (χ0n) is 75.7. The number of benzene rings is 3. The number of nitrogens with zero attached hydrogens (tertiary/aromatic N) is 6. The van der Waals surface area contributed by atoms with Gasteiger partial charge in [-0.1, -0.05) is 120 Å². The van der Waals surface area contributed by atoms with Gasteiger partial charge >= 0.3 is 0 Å². The summed E-state index contributed by atoms with van der Waals surface area (Å²) in [5.41, 5.74) is 20.3. The Morgan fingerprint density at radius 2 is 1.08 bits per heavy atom. The maximum atomic E-state index is 15.7. The number of rotatable bonds is 25. The second-order valence-corrected chi connectivity index (χ2v) is 34.7. The van der Waals surface area contributed by atoms with Crippen molar-refractivity contribution in [2.45, 2.75) is 223 Å². The molecular weight excluding hydrogens is 1710 g/mol. The van der Waals surface area contributed by atoms with Crippen LogP contribution in [0, 0.1) is 11.3 Å². The molecule has 0 spiro atoms. The molecule has 0 aliphatic carbocycles. The molecule has 3 aromatic heterocycles. The Morgan fingerprint density at radius 1 is 0.527 bits per heavy atom. The molecule has 13 atom stereocenters. The lowest BCUT2D eigenvalue weighted by Crippen LogP contribution is -2.60. The first kappa shape index (κ1) is 103. The van der Waals surface area contributed by atoms with E-state index >= 15 is 24.0 Å². The Balaban J connectivity index is 1.17. The van der Waals surface area contributed by atoms with E-state index in [4.69, 9.17) is 22.6 Å². The van der Waals surface area contributed by atoms with Crippen LogP contribution in [0.4, 0.5) is 0 Å². The van der Waals surface area contributed by atoms with E-state index < -0.39 is 216 Å². The number of nitrogens with two attached hydrogens (primary N) is 3. The van der Waals surface area contributed by atoms with E-state index in [2.05, 4.69) is 78.4 Å². The molecule has 21 N–H and O–H groups in total. The second-order valence-electron chi connectivity index (χ2n) is 33.6. The van der Waals surface area contributed by atoms with Gasteiger partial charge in [-0.2, -0.15) is 0 Å². The first-order valence-electron chi connectivity index (χ1n) is 44.1. The van der Waals surface area contributed by atoms with Crippen LogP contribution in [0.3, 0.4) is 0 Å². The highest BCUT2D eigenvalue weighted by Gasteiger charge is 2.44. The molecule has 0 bridgehead atoms. The van der Waals surface area contributed by atoms with E-state index in [1.807, 2.05) is 26.0 Å². The first-order valence-corrected chi connectivity index (χ1v) is 45.2. The fraction of sp³-hybridized carbons (Fsp3) is 0.517. The highest BCUT2D eigenvalue weighted by molar-refractivity contribution is 8.00. The summed E-state index contributed by atoms with van der Waals surface area (Å²) in [6.07, 6.45) is 6.53. The van der Waals surface area contributed by atoms with Crippen LogP contribution in [0.2, 0.25) is 0 Å². The van der Waals surface area contributed by atoms with Crippen LogP contribution in [0.1, 0.15) is 141 Å². The van der Waals surface area contributed by atoms with Gasteiger partial charge in [0.1, 0.15) is 78.5 Å². The largest absolute Gasteiger partial charge is 0.370 e. The number of para-hydroxylation sites is 2. The molecule has 5 heterocycles. The predicted molar refractivity (Wildman–Crippen MR) is 488 cm³/mol. The number of H-pyrrole nitrogens is 3. The van der Waals surface area contributed by atoms with Crippen molar-refractivity contribution >= 4 is 140 Å². The Hall–Kier alpha value is -13.4. The predicted octanol–water partition coefficient (Wildman–Crippen LogP) is -1.11. The molecule has 131 heavy (non-hydrogen) atoms. The number of imidazole rings is 1. The monoisotopic (exact) mass is 1830 g/mol. The average Bonchev–Trinajstić information content (AvgIpc) is 1.68. The third kappa shape index (κ3) is 30.1. The zero-order valence-corrected chi connectivity index (χ0v) is 76.5. The number of hydrogen-bond acceptors (Lipinski definition) is 20. The number of carbonyl (C=O) groups excluding carboxylic acids is 17. The van der Waals surface area contributed by atoms with Gasteiger partial charge in [0.2, 0.25) is 100 Å². The summed E-state index contributed by atoms with van der Waals surface area (Å²) in [7, 11) is 5.35. The summed E-state index contributed by atoms with van der Waals surface area (Å²) in [6.45, 7) is 8.52. The fourth-order valence-corrected chi connectivity index (χ4v) is 16.6. The maximum absolute atomic E-state index is 15.7. The highest BCUT2D eigenvalue weighted by Crippen LogP contribution is 2.26. The van der Waals surface area contributed by atoms with Gasteiger partial charge in [-0.15, -0.1) is 11.8 Å². The molecule has 0 saturated carbocycles. The molecule has 710 valence electrons. The van der Waals surface area contributed by atoms with Crippen molar-refractivity contribution in [3.63, 3.8) is 0 Å². The molecule has 2 saturated heterocycles. The molecule has 41 nitrogen and oxygen atoms in total. The number of unbranched alkanes of at least 4 members (excludes halogenated alkanes) is 2. The second kappa shape index (κ2) is 49.9. The van der Waals surface area contributed by atoms with E-state index in [0.717, 1.165) is 26.5 Å². The van der Waals surface area contributed by atoms with Gasteiger partial charge in [0.05, 0.1) is 31.6 Å². The van der Waals surface area contributed by atoms with Crippen LogP contribution < -0.4 is 75.7 Å². The van der Waals surface area contributed by atoms with E-state index in [1.165, 1.54) is 64.4 Å². The summed E-state index contributed by atoms with van der Waals surface area (Å²) in [5.74, 6) is -16.4. The van der Waals surface area contributed by atoms with Crippen LogP contribution in [-0.4, -0.2) is 295 Å². The topological polar surface area (TPSA) is 601 Å². The molecular formula is C89H126N24O17S. The number of fused-ring (bicyclic) bond motifs is 3. The summed E-state index contributed by atoms with van der Waals surface area (Å²) in [6, 6.07) is 3.96. The van der Waals surface area contributed by atoms with Gasteiger partial charge in [-0.3, -0.25) is 86.9 Å². The maximum Gasteiger partial charge on any atom is 0.246 e. The van der Waals surface area contributed by atoms with E-state index in [9.17, 15) is 57.5 Å². The average molecular weight is 1840 g/mol. The van der Waals surface area contributed by atoms with Gasteiger partial charge in [0, 0.05) is 119 Å². The normalized spacial score (nSPS) is 23.6. The Morgan fingerprint density at radius 3 is 1.69 bits per heavy atom. The minimum atomic E-state index is -1.73. The number of aromatic nitrogens is 4. The summed E-state index contributed by atoms with van der Waals surface area (Å²) >= 11 is 0.804. The van der Waals surface area contributed by atoms with Gasteiger partial charge in [0.15, 0.2) is 5.96 Å². The molecule has 2 aliphatic heterocycles. The molecule has 0 radical (unpaired) electrons. The molecule has 3 aromatic carbocycles. The molecule has 17 amide bonds. The van der Waals surface area contributed by atoms with Gasteiger partial charge in [-0.05, 0) is 93.5 Å². The van der Waals surface area contributed by atoms with Crippen molar-refractivity contribution in [1.82, 2.24) is 103 Å². The quantitative estimate of drug-likeness (QED) is 0.0184. The zero-order chi connectivity index (χ0) is 95.9. The molecule has 6 aromatic rings. The Labute approximate surface area is 764 Å². The summed E-state index contributed by atoms with van der Waals surface area (Å²) < 4.78 is 0. The third-order valence-electron chi connectivity index (χ3n) is 23.1. The molecule has 13 unspecified atom stereocenters. The minimum absolute atomic E-state index is 0.00197. The van der Waals surface area contributed by atoms with Crippen molar-refractivity contribution in [2.24, 2.45) is 23.1 Å². The SMILES string of the molecule is CCCCC1C(=O)N(C)C(CCCC)C(=O)NC(CCCNC(=N)N)C(=O)NC(C(=O)NCC(N)=O)CSCC(=O)NC(Cc2ccccc2)C(=O)N(C)C(C)C(=O)NC(CC(N)=O)C(=O)N2CCCC2C(=O)NC(Cc2cnc[nH]2)C(=O)NC(CC(C)C)C(=O)N(C)CC(=O)NC(Cc2c[nH]c3ccccc23)C(=O)NC(C)C(=O)NC(Cc2c[nH]c3ccccc23)C(=O)N1C. The van der Waals surface area contributed by atoms with Crippen LogP contribution in [0.25, 0.3) is 21.8 Å². The minimum Gasteiger partial charge on any atom is -0.370 e. The van der Waals surface area contributed by atoms with Crippen LogP contribution >= 0.6 is 11.8 Å². The standard InChI is InChI=1S/C89H126N24O17S/c1-11-13-31-69-82(124)103-61(30-22-34-95-89(92)93)79(121)108-68(78(120)98-45-73(91)115)47-131-48-75(117)102-65(37-53-24-16-15-17-25-53)85(127)110(8)52(6)77(119)106-67(41-72(90)114)87(129)113-35-23-33-70(113)83(125)104-63(40-56-44-94-49-99-56)81(123)107-64(36-50(3)4)84(126)109(7)46-74(116)101-62(38-54-42-96-59-28-20-18-26-57(54)59)80(122)100-51(5)76(118)105-66(39-55-43-97-60-29-21-19-27-58(55)60)86(128)112(10)71(32-14-12-2)88(130)111(69)9/h15-21,24-29,42-44,49-52,61-71,96-97H,11-14,22-23,30-41,45-48H2,1-10H3,(H2,90,114)(H2,91,115)(H,94,99)(H,98,120)(H,100,122)(H,101,116)(H,102,117)(H,103,124)(H,104,125)(H,105,118)(H,106,119)(H,107,123)(H,108,121)(H4,92,93,95). The third-order valence-corrected chi connectivity index (χ3v) is 24.1. The molecule has 2 fully saturated rings. The number of guanidine groups is 1. The molecule has 2 aliphatic rings. The lowest BCUT2D eigenvalue weighted by molar-refractivity contribution is -0.149. The van der Waals surface area contributed by atoms with Crippen molar-refractivity contribution in [1.29, 1.82) is 5.41 Å². The number of hydrogen-bond donors (Lipinski definition) is 18. The van der Waals surface area contributed by atoms with Crippen LogP contribution in [0.5, 0.6) is 0 Å². The van der Waals surface area contributed by atoms with Gasteiger partial charge in [-0.25, -0.2) is 4.98 Å². The van der Waals surface area contributed by atoms with Crippen LogP contribution in [-0.2, 0) is 107 Å². The smallest absolute Gasteiger partial charge is 0.246 e. The summed E-state index contributed by atoms with van der Waals surface area (Å²) in [5, 5.41) is 38.7. The number of likely N-dealkylation sites (N-methyl/N-ethyl adjacent to an activating group) is 4. The number of amides is 17. The lowest BCUT2D eigenvalue weighted by Gasteiger charge is -2.36. The summed E-state index contributed by atoms with van der Waals surface area (Å²) in [4.78, 5) is 267. The first-order chi connectivity index (χ1) is 62.4. The van der Waals surface area contributed by atoms with Crippen molar-refractivity contribution in [2.75, 3.05) is 65.9 Å². The van der Waals surface area contributed by atoms with E-state index in [-0.39, 0.29) is 89.6 Å². The number of primary amides is 2. The van der Waals surface area contributed by atoms with Crippen molar-refractivity contribution < 1.29 is 81.5 Å². The van der Waals surface area contributed by atoms with Gasteiger partial charge < -0.3 is 115 Å². The Bertz CT molecular complexity index is 5030. The van der Waals surface area contributed by atoms with Crippen molar-refractivity contribution in [3.8, 4) is 0 Å².